The first-order valence-electron chi connectivity index (χ1n) is 11.1. The number of rotatable bonds is 4. The molecule has 0 radical (unpaired) electrons. The van der Waals surface area contributed by atoms with Crippen LogP contribution in [0.4, 0.5) is 14.9 Å². The van der Waals surface area contributed by atoms with Gasteiger partial charge in [-0.25, -0.2) is 9.82 Å². The number of benzene rings is 2. The van der Waals surface area contributed by atoms with Gasteiger partial charge < -0.3 is 4.90 Å². The highest BCUT2D eigenvalue weighted by Gasteiger charge is 2.35. The number of nitrogens with one attached hydrogen (secondary N) is 1. The topological polar surface area (TPSA) is 57.1 Å². The van der Waals surface area contributed by atoms with Crippen LogP contribution in [0.1, 0.15) is 57.2 Å². The van der Waals surface area contributed by atoms with Crippen molar-refractivity contribution in [1.29, 1.82) is 0 Å². The number of amides is 1. The van der Waals surface area contributed by atoms with Crippen molar-refractivity contribution >= 4 is 34.2 Å². The van der Waals surface area contributed by atoms with E-state index in [0.29, 0.717) is 6.54 Å². The summed E-state index contributed by atoms with van der Waals surface area (Å²) in [6.07, 6.45) is 1.80. The molecule has 1 amide bonds. The second-order valence-electron chi connectivity index (χ2n) is 8.73. The van der Waals surface area contributed by atoms with E-state index in [9.17, 15) is 9.18 Å². The Morgan fingerprint density at radius 3 is 2.69 bits per heavy atom. The molecule has 0 bridgehead atoms. The van der Waals surface area contributed by atoms with E-state index in [4.69, 9.17) is 4.99 Å². The molecular weight excluding hydrogens is 423 g/mol. The number of fused-ring (bicyclic) bond motifs is 1. The predicted molar refractivity (Wildman–Crippen MR) is 132 cm³/mol. The van der Waals surface area contributed by atoms with Crippen LogP contribution in [0.5, 0.6) is 0 Å². The van der Waals surface area contributed by atoms with E-state index in [0.717, 1.165) is 47.7 Å². The normalized spacial score (nSPS) is 20.5. The molecule has 1 atom stereocenters. The van der Waals surface area contributed by atoms with Crippen molar-refractivity contribution in [3.05, 3.63) is 65.0 Å². The molecule has 7 heteroatoms. The van der Waals surface area contributed by atoms with Crippen LogP contribution in [-0.2, 0) is 5.41 Å². The fraction of sp³-hybridized carbons (Fsp3) is 0.400. The summed E-state index contributed by atoms with van der Waals surface area (Å²) in [4.78, 5) is 18.8. The van der Waals surface area contributed by atoms with Gasteiger partial charge in [-0.2, -0.15) is 5.10 Å². The summed E-state index contributed by atoms with van der Waals surface area (Å²) < 4.78 is 13.5. The monoisotopic (exact) mass is 452 g/mol. The average molecular weight is 453 g/mol. The second kappa shape index (κ2) is 9.06. The summed E-state index contributed by atoms with van der Waals surface area (Å²) in [6.45, 7) is 10.1. The SMILES string of the molecule is CC/N=C(/c1ccc(F)cc1)N1CCC(C)(C)c2cc(C3=NNC(=O)SC3CC)ccc21. The fourth-order valence-corrected chi connectivity index (χ4v) is 5.16. The molecule has 2 aliphatic rings. The molecule has 5 nitrogen and oxygen atoms in total. The molecule has 0 saturated carbocycles. The number of carbonyl (C=O) groups excluding carboxylic acids is 1. The smallest absolute Gasteiger partial charge is 0.299 e. The van der Waals surface area contributed by atoms with Gasteiger partial charge in [0.05, 0.1) is 11.0 Å². The van der Waals surface area contributed by atoms with Gasteiger partial charge in [0.1, 0.15) is 11.7 Å². The number of thioether (sulfide) groups is 1. The molecule has 0 fully saturated rings. The number of nitrogens with zero attached hydrogens (tertiary/aromatic N) is 3. The van der Waals surface area contributed by atoms with Crippen LogP contribution >= 0.6 is 11.8 Å². The molecule has 168 valence electrons. The molecule has 1 unspecified atom stereocenters. The lowest BCUT2D eigenvalue weighted by Crippen LogP contribution is -2.42. The highest BCUT2D eigenvalue weighted by Crippen LogP contribution is 2.41. The third-order valence-corrected chi connectivity index (χ3v) is 7.28. The van der Waals surface area contributed by atoms with Crippen LogP contribution < -0.4 is 10.3 Å². The summed E-state index contributed by atoms with van der Waals surface area (Å²) in [7, 11) is 0. The highest BCUT2D eigenvalue weighted by molar-refractivity contribution is 8.14. The van der Waals surface area contributed by atoms with Gasteiger partial charge in [-0.15, -0.1) is 0 Å². The zero-order valence-electron chi connectivity index (χ0n) is 19.0. The molecule has 2 aliphatic heterocycles. The number of hydrogen-bond donors (Lipinski definition) is 1. The third-order valence-electron chi connectivity index (χ3n) is 6.13. The average Bonchev–Trinajstić information content (AvgIpc) is 2.78. The Kier molecular flexibility index (Phi) is 6.38. The third kappa shape index (κ3) is 4.31. The van der Waals surface area contributed by atoms with Crippen molar-refractivity contribution in [2.24, 2.45) is 10.1 Å². The molecule has 32 heavy (non-hydrogen) atoms. The molecule has 0 aliphatic carbocycles. The van der Waals surface area contributed by atoms with Gasteiger partial charge in [0.2, 0.25) is 0 Å². The number of aliphatic imine (C=N–C) groups is 1. The summed E-state index contributed by atoms with van der Waals surface area (Å²) in [5.74, 6) is 0.611. The maximum absolute atomic E-state index is 13.5. The zero-order valence-corrected chi connectivity index (χ0v) is 19.8. The van der Waals surface area contributed by atoms with E-state index in [2.05, 4.69) is 54.4 Å². The highest BCUT2D eigenvalue weighted by atomic mass is 32.2. The summed E-state index contributed by atoms with van der Waals surface area (Å²) in [6, 6.07) is 13.0. The first kappa shape index (κ1) is 22.5. The van der Waals surface area contributed by atoms with Crippen LogP contribution in [0.3, 0.4) is 0 Å². The minimum atomic E-state index is -0.252. The minimum Gasteiger partial charge on any atom is -0.326 e. The lowest BCUT2D eigenvalue weighted by Gasteiger charge is -2.41. The quantitative estimate of drug-likeness (QED) is 0.477. The van der Waals surface area contributed by atoms with Crippen LogP contribution in [0.15, 0.2) is 52.6 Å². The Hall–Kier alpha value is -2.67. The maximum atomic E-state index is 13.5. The molecule has 4 rings (SSSR count). The number of hydrogen-bond acceptors (Lipinski definition) is 4. The number of amidine groups is 1. The van der Waals surface area contributed by atoms with Gasteiger partial charge in [-0.1, -0.05) is 38.6 Å². The van der Waals surface area contributed by atoms with Gasteiger partial charge in [0, 0.05) is 24.3 Å². The number of carbonyl (C=O) groups is 1. The van der Waals surface area contributed by atoms with Gasteiger partial charge in [-0.3, -0.25) is 9.79 Å². The van der Waals surface area contributed by atoms with Crippen molar-refractivity contribution < 1.29 is 9.18 Å². The van der Waals surface area contributed by atoms with Crippen LogP contribution in [-0.4, -0.2) is 35.1 Å². The van der Waals surface area contributed by atoms with Gasteiger partial charge in [0.25, 0.3) is 5.24 Å². The van der Waals surface area contributed by atoms with Crippen molar-refractivity contribution in [2.45, 2.75) is 51.2 Å². The summed E-state index contributed by atoms with van der Waals surface area (Å²) in [5, 5.41) is 4.33. The van der Waals surface area contributed by atoms with Crippen molar-refractivity contribution in [3.8, 4) is 0 Å². The largest absolute Gasteiger partial charge is 0.326 e. The molecule has 0 aromatic heterocycles. The minimum absolute atomic E-state index is 0.0186. The van der Waals surface area contributed by atoms with Gasteiger partial charge in [-0.05, 0) is 72.7 Å². The van der Waals surface area contributed by atoms with Crippen LogP contribution in [0, 0.1) is 5.82 Å². The Balaban J connectivity index is 1.79. The molecular formula is C25H29FN4OS. The molecule has 2 aromatic rings. The molecule has 2 heterocycles. The number of hydrazone groups is 1. The Bertz CT molecular complexity index is 1080. The second-order valence-corrected chi connectivity index (χ2v) is 9.91. The van der Waals surface area contributed by atoms with E-state index >= 15 is 0 Å². The predicted octanol–water partition coefficient (Wildman–Crippen LogP) is 5.72. The Morgan fingerprint density at radius 1 is 1.25 bits per heavy atom. The molecule has 1 N–H and O–H groups in total. The number of halogens is 1. The van der Waals surface area contributed by atoms with Gasteiger partial charge in [0.15, 0.2) is 0 Å². The lowest BCUT2D eigenvalue weighted by molar-refractivity contribution is 0.260. The molecule has 0 spiro atoms. The number of anilines is 1. The van der Waals surface area contributed by atoms with E-state index in [-0.39, 0.29) is 21.7 Å². The Morgan fingerprint density at radius 2 is 2.00 bits per heavy atom. The summed E-state index contributed by atoms with van der Waals surface area (Å²) >= 11 is 1.30. The van der Waals surface area contributed by atoms with E-state index in [1.807, 2.05) is 6.92 Å². The van der Waals surface area contributed by atoms with Crippen molar-refractivity contribution in [2.75, 3.05) is 18.0 Å². The van der Waals surface area contributed by atoms with E-state index in [1.165, 1.54) is 29.5 Å². The van der Waals surface area contributed by atoms with E-state index in [1.54, 1.807) is 12.1 Å². The maximum Gasteiger partial charge on any atom is 0.299 e. The summed E-state index contributed by atoms with van der Waals surface area (Å²) in [5.41, 5.74) is 7.79. The first-order valence-corrected chi connectivity index (χ1v) is 12.0. The van der Waals surface area contributed by atoms with Crippen molar-refractivity contribution in [3.63, 3.8) is 0 Å². The van der Waals surface area contributed by atoms with E-state index < -0.39 is 0 Å². The van der Waals surface area contributed by atoms with Crippen LogP contribution in [0.2, 0.25) is 0 Å². The molecule has 2 aromatic carbocycles. The Labute approximate surface area is 193 Å². The standard InChI is InChI=1S/C25H29FN4OS/c1-5-21-22(28-29-24(31)32-21)17-9-12-20-19(15-17)25(3,4)13-14-30(20)23(27-6-2)16-7-10-18(26)11-8-16/h7-12,15,21H,5-6,13-14H2,1-4H3,(H,29,31)/b27-23-. The lowest BCUT2D eigenvalue weighted by atomic mass is 9.76. The molecule has 0 saturated heterocycles. The van der Waals surface area contributed by atoms with Gasteiger partial charge >= 0.3 is 0 Å². The van der Waals surface area contributed by atoms with Crippen molar-refractivity contribution in [1.82, 2.24) is 5.43 Å². The van der Waals surface area contributed by atoms with Crippen LogP contribution in [0.25, 0.3) is 0 Å². The zero-order chi connectivity index (χ0) is 22.9. The first-order chi connectivity index (χ1) is 15.3. The fourth-order valence-electron chi connectivity index (χ4n) is 4.34.